The number of β-amino-alcohol motifs (C(OH)–C–C–N with tert-alkyl or cyclic N) is 1. The molecule has 3 aliphatic rings. The van der Waals surface area contributed by atoms with E-state index in [4.69, 9.17) is 0 Å². The molecule has 0 amide bonds. The third-order valence-electron chi connectivity index (χ3n) is 9.08. The molecule has 0 radical (unpaired) electrons. The van der Waals surface area contributed by atoms with E-state index < -0.39 is 12.0 Å². The van der Waals surface area contributed by atoms with Crippen molar-refractivity contribution in [1.82, 2.24) is 14.7 Å². The maximum Gasteiger partial charge on any atom is 0.166 e. The fourth-order valence-corrected chi connectivity index (χ4v) is 6.73. The Morgan fingerprint density at radius 1 is 1.00 bits per heavy atom. The minimum Gasteiger partial charge on any atom is -0.389 e. The lowest BCUT2D eigenvalue weighted by molar-refractivity contribution is -0.145. The fraction of sp³-hybridized carbons (Fsp3) is 0.552. The van der Waals surface area contributed by atoms with Gasteiger partial charge >= 0.3 is 0 Å². The molecule has 6 heteroatoms. The van der Waals surface area contributed by atoms with Gasteiger partial charge in [0.2, 0.25) is 0 Å². The second kappa shape index (κ2) is 9.31. The number of aliphatic hydroxyl groups excluding tert-OH is 1. The van der Waals surface area contributed by atoms with Gasteiger partial charge in [0, 0.05) is 30.7 Å². The smallest absolute Gasteiger partial charge is 0.166 e. The quantitative estimate of drug-likeness (QED) is 0.666. The molecule has 5 rings (SSSR count). The van der Waals surface area contributed by atoms with Crippen molar-refractivity contribution in [2.45, 2.75) is 74.5 Å². The van der Waals surface area contributed by atoms with Gasteiger partial charge in [-0.1, -0.05) is 42.5 Å². The maximum absolute atomic E-state index is 11.6. The minimum absolute atomic E-state index is 0.0228. The Kier molecular flexibility index (Phi) is 6.50. The molecule has 186 valence electrons. The maximum atomic E-state index is 11.6. The van der Waals surface area contributed by atoms with Crippen molar-refractivity contribution < 1.29 is 10.2 Å². The molecule has 0 aromatic heterocycles. The lowest BCUT2D eigenvalue weighted by atomic mass is 9.67. The first-order chi connectivity index (χ1) is 16.8. The van der Waals surface area contributed by atoms with Gasteiger partial charge in [-0.2, -0.15) is 5.26 Å². The molecule has 1 heterocycles. The Hall–Kier alpha value is -2.27. The van der Waals surface area contributed by atoms with E-state index in [0.29, 0.717) is 18.7 Å². The van der Waals surface area contributed by atoms with Gasteiger partial charge in [0.25, 0.3) is 0 Å². The monoisotopic (exact) mass is 474 g/mol. The van der Waals surface area contributed by atoms with Crippen molar-refractivity contribution in [3.8, 4) is 6.07 Å². The van der Waals surface area contributed by atoms with Crippen molar-refractivity contribution in [2.24, 2.45) is 0 Å². The SMILES string of the molecule is CN(C)C1(c2ccccc2)CCC2(CC1)CN(Cc1cccc(C#N)c1)C(O)N2CC1(O)CCC1. The molecule has 2 saturated carbocycles. The van der Waals surface area contributed by atoms with Gasteiger partial charge < -0.3 is 10.2 Å². The van der Waals surface area contributed by atoms with Gasteiger partial charge in [-0.15, -0.1) is 0 Å². The molecule has 1 saturated heterocycles. The number of hydrogen-bond acceptors (Lipinski definition) is 6. The summed E-state index contributed by atoms with van der Waals surface area (Å²) in [4.78, 5) is 6.71. The standard InChI is InChI=1S/C29H38N4O2/c1-31(2)29(25-10-4-3-5-11-25)16-14-27(15-17-29)21-32(20-24-9-6-8-23(18-24)19-30)26(34)33(27)22-28(35)12-7-13-28/h3-6,8-11,18,26,34-35H,7,12-17,20-22H2,1-2H3. The van der Waals surface area contributed by atoms with E-state index in [0.717, 1.165) is 57.1 Å². The lowest BCUT2D eigenvalue weighted by Crippen LogP contribution is -2.60. The molecule has 2 aromatic rings. The zero-order chi connectivity index (χ0) is 24.7. The van der Waals surface area contributed by atoms with Crippen LogP contribution >= 0.6 is 0 Å². The first-order valence-corrected chi connectivity index (χ1v) is 12.9. The second-order valence-corrected chi connectivity index (χ2v) is 11.3. The highest BCUT2D eigenvalue weighted by molar-refractivity contribution is 5.33. The van der Waals surface area contributed by atoms with Crippen molar-refractivity contribution in [1.29, 1.82) is 5.26 Å². The largest absolute Gasteiger partial charge is 0.389 e. The zero-order valence-electron chi connectivity index (χ0n) is 21.0. The summed E-state index contributed by atoms with van der Waals surface area (Å²) in [6.07, 6.45) is 5.85. The third-order valence-corrected chi connectivity index (χ3v) is 9.08. The van der Waals surface area contributed by atoms with Gasteiger partial charge in [-0.3, -0.25) is 14.7 Å². The van der Waals surface area contributed by atoms with Crippen molar-refractivity contribution in [2.75, 3.05) is 27.2 Å². The predicted octanol–water partition coefficient (Wildman–Crippen LogP) is 3.64. The summed E-state index contributed by atoms with van der Waals surface area (Å²) >= 11 is 0. The lowest BCUT2D eigenvalue weighted by Gasteiger charge is -2.53. The van der Waals surface area contributed by atoms with E-state index in [9.17, 15) is 15.5 Å². The zero-order valence-corrected chi connectivity index (χ0v) is 21.0. The van der Waals surface area contributed by atoms with E-state index in [2.05, 4.69) is 65.2 Å². The summed E-state index contributed by atoms with van der Waals surface area (Å²) in [7, 11) is 4.36. The van der Waals surface area contributed by atoms with Crippen LogP contribution in [0.15, 0.2) is 54.6 Å². The number of aliphatic hydroxyl groups is 2. The summed E-state index contributed by atoms with van der Waals surface area (Å²) < 4.78 is 0. The molecule has 1 spiro atoms. The van der Waals surface area contributed by atoms with Crippen LogP contribution in [0.2, 0.25) is 0 Å². The first-order valence-electron chi connectivity index (χ1n) is 12.9. The third kappa shape index (κ3) is 4.41. The molecule has 35 heavy (non-hydrogen) atoms. The molecule has 6 nitrogen and oxygen atoms in total. The minimum atomic E-state index is -0.742. The van der Waals surface area contributed by atoms with E-state index >= 15 is 0 Å². The van der Waals surface area contributed by atoms with Crippen LogP contribution in [0.25, 0.3) is 0 Å². The van der Waals surface area contributed by atoms with Gasteiger partial charge in [-0.25, -0.2) is 0 Å². The average Bonchev–Trinajstić information content (AvgIpc) is 3.09. The molecule has 1 atom stereocenters. The van der Waals surface area contributed by atoms with Crippen LogP contribution in [-0.4, -0.2) is 69.6 Å². The van der Waals surface area contributed by atoms with E-state index in [-0.39, 0.29) is 11.1 Å². The number of nitriles is 1. The van der Waals surface area contributed by atoms with Crippen LogP contribution in [-0.2, 0) is 12.1 Å². The predicted molar refractivity (Wildman–Crippen MR) is 136 cm³/mol. The molecule has 2 aliphatic carbocycles. The molecule has 1 aliphatic heterocycles. The molecule has 2 N–H and O–H groups in total. The first kappa shape index (κ1) is 24.4. The van der Waals surface area contributed by atoms with Crippen LogP contribution in [0.5, 0.6) is 0 Å². The van der Waals surface area contributed by atoms with Crippen molar-refractivity contribution in [3.05, 3.63) is 71.3 Å². The molecule has 3 fully saturated rings. The molecule has 0 bridgehead atoms. The van der Waals surface area contributed by atoms with Crippen LogP contribution in [0.1, 0.15) is 61.6 Å². The van der Waals surface area contributed by atoms with Gasteiger partial charge in [0.1, 0.15) is 0 Å². The number of rotatable bonds is 6. The van der Waals surface area contributed by atoms with Crippen molar-refractivity contribution in [3.63, 3.8) is 0 Å². The summed E-state index contributed by atoms with van der Waals surface area (Å²) in [5.41, 5.74) is 2.14. The topological polar surface area (TPSA) is 74.0 Å². The van der Waals surface area contributed by atoms with E-state index in [1.165, 1.54) is 5.56 Å². The Bertz CT molecular complexity index is 1070. The number of benzene rings is 2. The summed E-state index contributed by atoms with van der Waals surface area (Å²) in [5.74, 6) is 0. The van der Waals surface area contributed by atoms with Crippen LogP contribution in [0.3, 0.4) is 0 Å². The fourth-order valence-electron chi connectivity index (χ4n) is 6.73. The summed E-state index contributed by atoms with van der Waals surface area (Å²) in [6.45, 7) is 1.87. The highest BCUT2D eigenvalue weighted by Gasteiger charge is 2.56. The Morgan fingerprint density at radius 2 is 1.71 bits per heavy atom. The van der Waals surface area contributed by atoms with E-state index in [1.807, 2.05) is 24.3 Å². The van der Waals surface area contributed by atoms with Gasteiger partial charge in [-0.05, 0) is 82.3 Å². The Morgan fingerprint density at radius 3 is 2.31 bits per heavy atom. The molecular formula is C29H38N4O2. The molecular weight excluding hydrogens is 436 g/mol. The normalized spacial score (nSPS) is 30.9. The molecule has 2 aromatic carbocycles. The summed E-state index contributed by atoms with van der Waals surface area (Å²) in [5, 5.41) is 32.0. The average molecular weight is 475 g/mol. The van der Waals surface area contributed by atoms with E-state index in [1.54, 1.807) is 0 Å². The number of nitrogens with zero attached hydrogens (tertiary/aromatic N) is 4. The highest BCUT2D eigenvalue weighted by atomic mass is 16.3. The Balaban J connectivity index is 1.42. The summed E-state index contributed by atoms with van der Waals surface area (Å²) in [6, 6.07) is 20.7. The van der Waals surface area contributed by atoms with Crippen LogP contribution in [0.4, 0.5) is 0 Å². The molecule has 1 unspecified atom stereocenters. The number of hydrogen-bond donors (Lipinski definition) is 2. The van der Waals surface area contributed by atoms with Crippen LogP contribution in [0, 0.1) is 11.3 Å². The second-order valence-electron chi connectivity index (χ2n) is 11.3. The van der Waals surface area contributed by atoms with Gasteiger partial charge in [0.15, 0.2) is 6.35 Å². The van der Waals surface area contributed by atoms with Gasteiger partial charge in [0.05, 0.1) is 17.2 Å². The van der Waals surface area contributed by atoms with Crippen molar-refractivity contribution >= 4 is 0 Å². The highest BCUT2D eigenvalue weighted by Crippen LogP contribution is 2.50. The van der Waals surface area contributed by atoms with Crippen LogP contribution < -0.4 is 0 Å². The Labute approximate surface area is 209 Å².